The minimum absolute atomic E-state index is 0.00345. The molecule has 0 bridgehead atoms. The van der Waals surface area contributed by atoms with Crippen LogP contribution in [0.4, 0.5) is 0 Å². The molecule has 1 N–H and O–H groups in total. The Hall–Kier alpha value is -3.13. The maximum atomic E-state index is 13.5. The Morgan fingerprint density at radius 1 is 1.17 bits per heavy atom. The van der Waals surface area contributed by atoms with Crippen LogP contribution in [0.2, 0.25) is 0 Å². The van der Waals surface area contributed by atoms with Gasteiger partial charge in [-0.2, -0.15) is 0 Å². The minimum atomic E-state index is -1.07. The molecule has 1 saturated heterocycles. The van der Waals surface area contributed by atoms with Gasteiger partial charge in [0.1, 0.15) is 22.7 Å². The van der Waals surface area contributed by atoms with Crippen LogP contribution in [-0.4, -0.2) is 48.6 Å². The summed E-state index contributed by atoms with van der Waals surface area (Å²) in [5, 5.41) is 14.2. The molecule has 8 heteroatoms. The van der Waals surface area contributed by atoms with Crippen LogP contribution in [0.1, 0.15) is 61.5 Å². The summed E-state index contributed by atoms with van der Waals surface area (Å²) in [7, 11) is 0. The Labute approximate surface area is 175 Å². The van der Waals surface area contributed by atoms with Gasteiger partial charge in [-0.1, -0.05) is 11.2 Å². The summed E-state index contributed by atoms with van der Waals surface area (Å²) < 4.78 is 5.51. The molecule has 1 fully saturated rings. The first kappa shape index (κ1) is 20.2. The lowest BCUT2D eigenvalue weighted by atomic mass is 9.90. The van der Waals surface area contributed by atoms with Gasteiger partial charge >= 0.3 is 0 Å². The highest BCUT2D eigenvalue weighted by Crippen LogP contribution is 2.33. The maximum absolute atomic E-state index is 13.5. The quantitative estimate of drug-likeness (QED) is 0.708. The molecule has 0 spiro atoms. The number of rotatable bonds is 4. The molecule has 2 atom stereocenters. The minimum Gasteiger partial charge on any atom is -0.384 e. The summed E-state index contributed by atoms with van der Waals surface area (Å²) in [5.41, 5.74) is 0.789. The second-order valence-corrected chi connectivity index (χ2v) is 8.22. The van der Waals surface area contributed by atoms with Gasteiger partial charge in [-0.3, -0.25) is 14.8 Å². The van der Waals surface area contributed by atoms with Crippen LogP contribution in [0.15, 0.2) is 47.4 Å². The SMILES string of the molecule is C[C@@H]1CC[C@@H](c2cc(C(C)(C)O)no2)CN1C(=O)c1nccnc1-c1ccccn1. The Balaban J connectivity index is 1.61. The number of likely N-dealkylation sites (tertiary alicyclic amines) is 1. The summed E-state index contributed by atoms with van der Waals surface area (Å²) in [5.74, 6) is 0.507. The molecule has 156 valence electrons. The molecular weight excluding hydrogens is 382 g/mol. The fourth-order valence-electron chi connectivity index (χ4n) is 3.71. The fourth-order valence-corrected chi connectivity index (χ4v) is 3.71. The zero-order valence-corrected chi connectivity index (χ0v) is 17.3. The van der Waals surface area contributed by atoms with E-state index in [1.807, 2.05) is 30.0 Å². The van der Waals surface area contributed by atoms with E-state index in [4.69, 9.17) is 4.52 Å². The average Bonchev–Trinajstić information content (AvgIpc) is 3.25. The standard InChI is InChI=1S/C22H25N5O3/c1-14-7-8-15(17-12-18(26-30-17)22(2,3)29)13-27(14)21(28)20-19(24-10-11-25-20)16-6-4-5-9-23-16/h4-6,9-12,14-15,29H,7-8,13H2,1-3H3/t14-,15-/m1/s1. The van der Waals surface area contributed by atoms with Crippen molar-refractivity contribution in [2.75, 3.05) is 6.54 Å². The summed E-state index contributed by atoms with van der Waals surface area (Å²) >= 11 is 0. The molecule has 0 radical (unpaired) electrons. The van der Waals surface area contributed by atoms with Gasteiger partial charge in [-0.05, 0) is 45.7 Å². The van der Waals surface area contributed by atoms with E-state index in [0.717, 1.165) is 12.8 Å². The van der Waals surface area contributed by atoms with E-state index in [9.17, 15) is 9.90 Å². The van der Waals surface area contributed by atoms with Crippen molar-refractivity contribution in [3.8, 4) is 11.4 Å². The smallest absolute Gasteiger partial charge is 0.275 e. The predicted molar refractivity (Wildman–Crippen MR) is 109 cm³/mol. The van der Waals surface area contributed by atoms with Gasteiger partial charge in [-0.15, -0.1) is 0 Å². The molecule has 8 nitrogen and oxygen atoms in total. The third-order valence-electron chi connectivity index (χ3n) is 5.51. The summed E-state index contributed by atoms with van der Waals surface area (Å²) in [6, 6.07) is 7.33. The number of nitrogens with zero attached hydrogens (tertiary/aromatic N) is 5. The molecule has 1 aliphatic rings. The summed E-state index contributed by atoms with van der Waals surface area (Å²) in [4.78, 5) is 28.3. The van der Waals surface area contributed by atoms with E-state index in [1.165, 1.54) is 6.20 Å². The van der Waals surface area contributed by atoms with Crippen molar-refractivity contribution < 1.29 is 14.4 Å². The molecular formula is C22H25N5O3. The molecule has 0 aliphatic carbocycles. The van der Waals surface area contributed by atoms with Crippen molar-refractivity contribution in [1.82, 2.24) is 25.0 Å². The molecule has 30 heavy (non-hydrogen) atoms. The normalized spacial score (nSPS) is 19.7. The van der Waals surface area contributed by atoms with E-state index < -0.39 is 5.60 Å². The largest absolute Gasteiger partial charge is 0.384 e. The molecule has 0 aromatic carbocycles. The van der Waals surface area contributed by atoms with Crippen LogP contribution < -0.4 is 0 Å². The molecule has 0 saturated carbocycles. The predicted octanol–water partition coefficient (Wildman–Crippen LogP) is 3.16. The fraction of sp³-hybridized carbons (Fsp3) is 0.409. The zero-order valence-electron chi connectivity index (χ0n) is 17.3. The van der Waals surface area contributed by atoms with Crippen molar-refractivity contribution in [2.45, 2.75) is 51.2 Å². The van der Waals surface area contributed by atoms with Gasteiger partial charge in [0.25, 0.3) is 5.91 Å². The van der Waals surface area contributed by atoms with Crippen molar-refractivity contribution >= 4 is 5.91 Å². The number of aliphatic hydroxyl groups is 1. The van der Waals surface area contributed by atoms with Gasteiger partial charge in [-0.25, -0.2) is 4.98 Å². The first-order chi connectivity index (χ1) is 14.3. The molecule has 3 aromatic heterocycles. The van der Waals surface area contributed by atoms with E-state index in [-0.39, 0.29) is 17.9 Å². The second-order valence-electron chi connectivity index (χ2n) is 8.22. The van der Waals surface area contributed by atoms with Crippen LogP contribution in [0.25, 0.3) is 11.4 Å². The first-order valence-electron chi connectivity index (χ1n) is 10.1. The van der Waals surface area contributed by atoms with Gasteiger partial charge in [0.2, 0.25) is 0 Å². The van der Waals surface area contributed by atoms with Crippen molar-refractivity contribution in [1.29, 1.82) is 0 Å². The monoisotopic (exact) mass is 407 g/mol. The van der Waals surface area contributed by atoms with E-state index in [2.05, 4.69) is 20.1 Å². The number of piperidine rings is 1. The van der Waals surface area contributed by atoms with E-state index in [0.29, 0.717) is 35.1 Å². The topological polar surface area (TPSA) is 105 Å². The highest BCUT2D eigenvalue weighted by atomic mass is 16.5. The van der Waals surface area contributed by atoms with Crippen molar-refractivity contribution in [2.24, 2.45) is 0 Å². The van der Waals surface area contributed by atoms with Crippen LogP contribution in [0, 0.1) is 0 Å². The second kappa shape index (κ2) is 7.95. The van der Waals surface area contributed by atoms with E-state index in [1.54, 1.807) is 32.3 Å². The third-order valence-corrected chi connectivity index (χ3v) is 5.51. The molecule has 4 rings (SSSR count). The van der Waals surface area contributed by atoms with E-state index >= 15 is 0 Å². The number of aromatic nitrogens is 4. The summed E-state index contributed by atoms with van der Waals surface area (Å²) in [6.45, 7) is 5.85. The zero-order chi connectivity index (χ0) is 21.3. The first-order valence-corrected chi connectivity index (χ1v) is 10.1. The molecule has 1 amide bonds. The number of carbonyl (C=O) groups excluding carboxylic acids is 1. The lowest BCUT2D eigenvalue weighted by molar-refractivity contribution is 0.0589. The third kappa shape index (κ3) is 3.95. The molecule has 0 unspecified atom stereocenters. The Kier molecular flexibility index (Phi) is 5.34. The van der Waals surface area contributed by atoms with Crippen LogP contribution in [-0.2, 0) is 5.60 Å². The highest BCUT2D eigenvalue weighted by molar-refractivity contribution is 5.97. The highest BCUT2D eigenvalue weighted by Gasteiger charge is 2.35. The Morgan fingerprint density at radius 2 is 1.97 bits per heavy atom. The lowest BCUT2D eigenvalue weighted by Crippen LogP contribution is -2.45. The molecule has 1 aliphatic heterocycles. The Morgan fingerprint density at radius 3 is 2.67 bits per heavy atom. The van der Waals surface area contributed by atoms with Crippen molar-refractivity contribution in [3.63, 3.8) is 0 Å². The van der Waals surface area contributed by atoms with Gasteiger partial charge < -0.3 is 14.5 Å². The van der Waals surface area contributed by atoms with Crippen molar-refractivity contribution in [3.05, 3.63) is 60.0 Å². The lowest BCUT2D eigenvalue weighted by Gasteiger charge is -2.37. The van der Waals surface area contributed by atoms with Gasteiger partial charge in [0.15, 0.2) is 5.69 Å². The average molecular weight is 407 g/mol. The number of hydrogen-bond acceptors (Lipinski definition) is 7. The number of pyridine rings is 1. The van der Waals surface area contributed by atoms with Crippen LogP contribution >= 0.6 is 0 Å². The molecule has 4 heterocycles. The number of amides is 1. The van der Waals surface area contributed by atoms with Gasteiger partial charge in [0.05, 0.1) is 5.69 Å². The van der Waals surface area contributed by atoms with Crippen LogP contribution in [0.5, 0.6) is 0 Å². The summed E-state index contributed by atoms with van der Waals surface area (Å²) in [6.07, 6.45) is 6.46. The van der Waals surface area contributed by atoms with Crippen LogP contribution in [0.3, 0.4) is 0 Å². The van der Waals surface area contributed by atoms with Gasteiger partial charge in [0, 0.05) is 43.2 Å². The maximum Gasteiger partial charge on any atom is 0.275 e. The number of hydrogen-bond donors (Lipinski definition) is 1. The number of carbonyl (C=O) groups is 1. The molecule has 3 aromatic rings. The Bertz CT molecular complexity index is 1030.